The number of nitrogens with one attached hydrogen (secondary N) is 1. The first-order valence-electron chi connectivity index (χ1n) is 6.26. The molecule has 0 saturated heterocycles. The van der Waals surface area contributed by atoms with Gasteiger partial charge < -0.3 is 0 Å². The van der Waals surface area contributed by atoms with E-state index in [1.807, 2.05) is 19.1 Å². The number of sulfonamides is 1. The number of benzene rings is 2. The van der Waals surface area contributed by atoms with Gasteiger partial charge in [-0.1, -0.05) is 29.3 Å². The number of halogens is 2. The van der Waals surface area contributed by atoms with Gasteiger partial charge in [-0.05, 0) is 66.0 Å². The van der Waals surface area contributed by atoms with E-state index in [1.165, 1.54) is 0 Å². The topological polar surface area (TPSA) is 46.2 Å². The van der Waals surface area contributed by atoms with Crippen LogP contribution in [0.2, 0.25) is 5.02 Å². The smallest absolute Gasteiger partial charge is 0.262 e. The molecule has 6 heteroatoms. The summed E-state index contributed by atoms with van der Waals surface area (Å²) in [5.74, 6) is 0. The maximum Gasteiger partial charge on any atom is 0.262 e. The van der Waals surface area contributed by atoms with Crippen LogP contribution in [0.25, 0.3) is 0 Å². The highest BCUT2D eigenvalue weighted by atomic mass is 79.9. The van der Waals surface area contributed by atoms with Crippen molar-refractivity contribution in [3.8, 4) is 0 Å². The molecule has 112 valence electrons. The molecule has 0 heterocycles. The maximum atomic E-state index is 12.6. The van der Waals surface area contributed by atoms with E-state index in [1.54, 1.807) is 32.0 Å². The van der Waals surface area contributed by atoms with Crippen molar-refractivity contribution < 1.29 is 8.42 Å². The number of aryl methyl sites for hydroxylation is 3. The normalized spacial score (nSPS) is 11.5. The molecule has 3 nitrogen and oxygen atoms in total. The first kappa shape index (κ1) is 16.3. The molecular formula is C15H15BrClNO2S. The Balaban J connectivity index is 2.46. The van der Waals surface area contributed by atoms with Crippen molar-refractivity contribution in [3.63, 3.8) is 0 Å². The molecule has 2 aromatic rings. The molecule has 0 aliphatic rings. The van der Waals surface area contributed by atoms with Crippen molar-refractivity contribution in [2.45, 2.75) is 25.7 Å². The van der Waals surface area contributed by atoms with Crippen molar-refractivity contribution in [1.29, 1.82) is 0 Å². The van der Waals surface area contributed by atoms with Crippen LogP contribution in [0.15, 0.2) is 39.7 Å². The first-order chi connectivity index (χ1) is 9.70. The van der Waals surface area contributed by atoms with Gasteiger partial charge in [0, 0.05) is 4.47 Å². The van der Waals surface area contributed by atoms with Gasteiger partial charge in [-0.3, -0.25) is 4.72 Å². The Morgan fingerprint density at radius 3 is 2.14 bits per heavy atom. The van der Waals surface area contributed by atoms with E-state index in [4.69, 9.17) is 11.6 Å². The van der Waals surface area contributed by atoms with E-state index in [9.17, 15) is 8.42 Å². The maximum absolute atomic E-state index is 12.6. The van der Waals surface area contributed by atoms with Crippen LogP contribution in [0.5, 0.6) is 0 Å². The lowest BCUT2D eigenvalue weighted by molar-refractivity contribution is 0.600. The van der Waals surface area contributed by atoms with E-state index in [0.29, 0.717) is 15.6 Å². The lowest BCUT2D eigenvalue weighted by Gasteiger charge is -2.14. The Bertz CT molecular complexity index is 780. The predicted octanol–water partition coefficient (Wildman–Crippen LogP) is 4.83. The Morgan fingerprint density at radius 2 is 1.62 bits per heavy atom. The fraction of sp³-hybridized carbons (Fsp3) is 0.200. The molecule has 2 aromatic carbocycles. The number of hydrogen-bond acceptors (Lipinski definition) is 2. The highest BCUT2D eigenvalue weighted by Crippen LogP contribution is 2.28. The van der Waals surface area contributed by atoms with Gasteiger partial charge in [0.25, 0.3) is 10.0 Å². The number of anilines is 1. The molecule has 2 rings (SSSR count). The molecule has 0 unspecified atom stereocenters. The minimum absolute atomic E-state index is 0.312. The summed E-state index contributed by atoms with van der Waals surface area (Å²) in [6.07, 6.45) is 0. The molecule has 21 heavy (non-hydrogen) atoms. The quantitative estimate of drug-likeness (QED) is 0.818. The van der Waals surface area contributed by atoms with E-state index in [0.717, 1.165) is 21.2 Å². The zero-order chi connectivity index (χ0) is 15.8. The van der Waals surface area contributed by atoms with Crippen LogP contribution in [-0.2, 0) is 10.0 Å². The van der Waals surface area contributed by atoms with Crippen LogP contribution < -0.4 is 4.72 Å². The van der Waals surface area contributed by atoms with Crippen molar-refractivity contribution in [3.05, 3.63) is 56.5 Å². The van der Waals surface area contributed by atoms with Gasteiger partial charge in [0.05, 0.1) is 15.6 Å². The summed E-state index contributed by atoms with van der Waals surface area (Å²) >= 11 is 9.27. The second-order valence-corrected chi connectivity index (χ2v) is 7.84. The molecule has 0 aromatic heterocycles. The summed E-state index contributed by atoms with van der Waals surface area (Å²) in [6, 6.07) is 8.65. The zero-order valence-corrected chi connectivity index (χ0v) is 15.0. The average Bonchev–Trinajstić information content (AvgIpc) is 2.31. The van der Waals surface area contributed by atoms with E-state index >= 15 is 0 Å². The third-order valence-corrected chi connectivity index (χ3v) is 5.96. The molecule has 0 aliphatic carbocycles. The second-order valence-electron chi connectivity index (χ2n) is 4.96. The SMILES string of the molecule is Cc1cc(C)c(S(=O)(=O)Nc2ccc(Br)c(Cl)c2)c(C)c1. The Kier molecular flexibility index (Phi) is 4.66. The van der Waals surface area contributed by atoms with E-state index in [2.05, 4.69) is 20.7 Å². The minimum Gasteiger partial charge on any atom is -0.280 e. The Morgan fingerprint density at radius 1 is 1.05 bits per heavy atom. The van der Waals surface area contributed by atoms with Crippen molar-refractivity contribution in [2.75, 3.05) is 4.72 Å². The Hall–Kier alpha value is -1.04. The standard InChI is InChI=1S/C15H15BrClNO2S/c1-9-6-10(2)15(11(3)7-9)21(19,20)18-12-4-5-13(16)14(17)8-12/h4-8,18H,1-3H3. The van der Waals surface area contributed by atoms with Gasteiger partial charge in [0.15, 0.2) is 0 Å². The van der Waals surface area contributed by atoms with Crippen LogP contribution in [-0.4, -0.2) is 8.42 Å². The van der Waals surface area contributed by atoms with Gasteiger partial charge in [0.2, 0.25) is 0 Å². The third-order valence-electron chi connectivity index (χ3n) is 3.05. The molecule has 0 saturated carbocycles. The molecule has 0 spiro atoms. The van der Waals surface area contributed by atoms with E-state index < -0.39 is 10.0 Å². The van der Waals surface area contributed by atoms with Crippen LogP contribution in [0.1, 0.15) is 16.7 Å². The van der Waals surface area contributed by atoms with Gasteiger partial charge >= 0.3 is 0 Å². The fourth-order valence-corrected chi connectivity index (χ4v) is 4.29. The van der Waals surface area contributed by atoms with Gasteiger partial charge in [-0.25, -0.2) is 8.42 Å². The van der Waals surface area contributed by atoms with Crippen molar-refractivity contribution in [1.82, 2.24) is 0 Å². The van der Waals surface area contributed by atoms with Gasteiger partial charge in [-0.2, -0.15) is 0 Å². The zero-order valence-electron chi connectivity index (χ0n) is 11.9. The lowest BCUT2D eigenvalue weighted by Crippen LogP contribution is -2.16. The molecular weight excluding hydrogens is 374 g/mol. The summed E-state index contributed by atoms with van der Waals surface area (Å²) in [5.41, 5.74) is 2.92. The summed E-state index contributed by atoms with van der Waals surface area (Å²) < 4.78 is 28.5. The third kappa shape index (κ3) is 3.59. The molecule has 0 amide bonds. The van der Waals surface area contributed by atoms with Crippen LogP contribution in [0, 0.1) is 20.8 Å². The average molecular weight is 389 g/mol. The largest absolute Gasteiger partial charge is 0.280 e. The highest BCUT2D eigenvalue weighted by molar-refractivity contribution is 9.10. The second kappa shape index (κ2) is 5.99. The summed E-state index contributed by atoms with van der Waals surface area (Å²) in [7, 11) is -3.64. The van der Waals surface area contributed by atoms with Crippen LogP contribution >= 0.6 is 27.5 Å². The number of rotatable bonds is 3. The molecule has 1 N–H and O–H groups in total. The summed E-state index contributed by atoms with van der Waals surface area (Å²) in [5, 5.41) is 0.451. The van der Waals surface area contributed by atoms with Gasteiger partial charge in [-0.15, -0.1) is 0 Å². The monoisotopic (exact) mass is 387 g/mol. The minimum atomic E-state index is -3.64. The van der Waals surface area contributed by atoms with E-state index in [-0.39, 0.29) is 0 Å². The summed E-state index contributed by atoms with van der Waals surface area (Å²) in [6.45, 7) is 5.53. The van der Waals surface area contributed by atoms with Crippen molar-refractivity contribution in [2.24, 2.45) is 0 Å². The Labute approximate surface area is 138 Å². The van der Waals surface area contributed by atoms with Crippen LogP contribution in [0.4, 0.5) is 5.69 Å². The number of hydrogen-bond donors (Lipinski definition) is 1. The first-order valence-corrected chi connectivity index (χ1v) is 8.92. The highest BCUT2D eigenvalue weighted by Gasteiger charge is 2.20. The molecule has 0 bridgehead atoms. The predicted molar refractivity (Wildman–Crippen MR) is 90.6 cm³/mol. The summed E-state index contributed by atoms with van der Waals surface area (Å²) in [4.78, 5) is 0.312. The van der Waals surface area contributed by atoms with Crippen molar-refractivity contribution >= 4 is 43.2 Å². The molecule has 0 fully saturated rings. The molecule has 0 radical (unpaired) electrons. The molecule has 0 aliphatic heterocycles. The molecule has 0 atom stereocenters. The lowest BCUT2D eigenvalue weighted by atomic mass is 10.1. The van der Waals surface area contributed by atoms with Crippen LogP contribution in [0.3, 0.4) is 0 Å². The fourth-order valence-electron chi connectivity index (χ4n) is 2.36. The van der Waals surface area contributed by atoms with Gasteiger partial charge in [0.1, 0.15) is 0 Å².